The SMILES string of the molecule is Cc1c(-c2ccc(N3CCc4cccc(C(=O)Nc5nc6ccccc6s5)c4C3)nc2C(=O)O)cnn1CC1(CCCN(C)C(=O)CCCC(=O)NCC(=O)N2CCC(O)C2)CCCCC1. The summed E-state index contributed by atoms with van der Waals surface area (Å²) in [6.07, 6.45) is 10.4. The first-order valence-corrected chi connectivity index (χ1v) is 23.9. The van der Waals surface area contributed by atoms with Gasteiger partial charge in [0.1, 0.15) is 5.82 Å². The Kier molecular flexibility index (Phi) is 14.4. The number of para-hydroxylation sites is 1. The number of carboxylic acid groups (broad SMARTS) is 1. The Morgan fingerprint density at radius 3 is 2.53 bits per heavy atom. The molecule has 17 heteroatoms. The van der Waals surface area contributed by atoms with Crippen molar-refractivity contribution in [1.29, 1.82) is 0 Å². The Bertz CT molecular complexity index is 2570. The number of carboxylic acids is 1. The highest BCUT2D eigenvalue weighted by atomic mass is 32.1. The molecule has 3 aliphatic rings. The first kappa shape index (κ1) is 46.3. The van der Waals surface area contributed by atoms with Crippen LogP contribution in [0.3, 0.4) is 0 Å². The van der Waals surface area contributed by atoms with Crippen molar-refractivity contribution < 1.29 is 34.2 Å². The van der Waals surface area contributed by atoms with Crippen molar-refractivity contribution in [3.63, 3.8) is 0 Å². The monoisotopic (exact) mass is 917 g/mol. The van der Waals surface area contributed by atoms with E-state index < -0.39 is 12.1 Å². The van der Waals surface area contributed by atoms with Crippen molar-refractivity contribution in [3.8, 4) is 11.1 Å². The molecule has 16 nitrogen and oxygen atoms in total. The van der Waals surface area contributed by atoms with Crippen LogP contribution in [0.4, 0.5) is 10.9 Å². The van der Waals surface area contributed by atoms with Crippen LogP contribution in [0.1, 0.15) is 108 Å². The fourth-order valence-electron chi connectivity index (χ4n) is 9.81. The Hall–Kier alpha value is -6.20. The maximum atomic E-state index is 13.6. The zero-order valence-corrected chi connectivity index (χ0v) is 38.6. The molecule has 1 atom stereocenters. The average molecular weight is 918 g/mol. The normalized spacial score (nSPS) is 16.8. The van der Waals surface area contributed by atoms with Gasteiger partial charge in [-0.2, -0.15) is 5.10 Å². The lowest BCUT2D eigenvalue weighted by Gasteiger charge is -2.38. The van der Waals surface area contributed by atoms with Crippen LogP contribution in [0.25, 0.3) is 21.3 Å². The van der Waals surface area contributed by atoms with Crippen molar-refractivity contribution in [3.05, 3.63) is 88.9 Å². The number of aromatic nitrogens is 4. The Morgan fingerprint density at radius 2 is 1.76 bits per heavy atom. The number of carbonyl (C=O) groups is 5. The molecular formula is C49H59N9O7S. The highest BCUT2D eigenvalue weighted by Gasteiger charge is 2.34. The summed E-state index contributed by atoms with van der Waals surface area (Å²) >= 11 is 1.42. The molecule has 1 saturated carbocycles. The van der Waals surface area contributed by atoms with Crippen LogP contribution in [0.15, 0.2) is 60.8 Å². The van der Waals surface area contributed by atoms with E-state index in [-0.39, 0.29) is 54.1 Å². The molecule has 5 heterocycles. The molecule has 0 spiro atoms. The van der Waals surface area contributed by atoms with Gasteiger partial charge in [0.25, 0.3) is 5.91 Å². The van der Waals surface area contributed by atoms with Gasteiger partial charge in [0.2, 0.25) is 17.7 Å². The Morgan fingerprint density at radius 1 is 0.939 bits per heavy atom. The maximum Gasteiger partial charge on any atom is 0.355 e. The number of aliphatic hydroxyl groups is 1. The van der Waals surface area contributed by atoms with Gasteiger partial charge in [0.05, 0.1) is 29.1 Å². The van der Waals surface area contributed by atoms with Gasteiger partial charge in [-0.25, -0.2) is 14.8 Å². The van der Waals surface area contributed by atoms with Gasteiger partial charge >= 0.3 is 5.97 Å². The number of carbonyl (C=O) groups excluding carboxylic acids is 4. The van der Waals surface area contributed by atoms with Crippen molar-refractivity contribution in [1.82, 2.24) is 34.9 Å². The summed E-state index contributed by atoms with van der Waals surface area (Å²) in [5.41, 5.74) is 5.32. The second kappa shape index (κ2) is 20.5. The molecular weight excluding hydrogens is 859 g/mol. The van der Waals surface area contributed by atoms with E-state index in [1.807, 2.05) is 71.1 Å². The van der Waals surface area contributed by atoms with Gasteiger partial charge in [-0.3, -0.25) is 29.2 Å². The smallest absolute Gasteiger partial charge is 0.355 e. The standard InChI is InChI=1S/C49H59N9O7S/c1-32-37(27-51-58(32)31-49(21-6-3-7-22-49)23-10-24-55(2)43(61)16-9-15-42(60)50-28-44(62)57-26-20-34(59)29-57)35-17-18-41(53-45(35)47(64)65)56-25-19-33-11-8-12-36(38(33)30-56)46(63)54-48-52-39-13-4-5-14-40(39)66-48/h4-5,8,11-14,17-18,27,34,59H,3,6-7,9-10,15-16,19-26,28-31H2,1-2H3,(H,50,60)(H,64,65)(H,52,54,63). The van der Waals surface area contributed by atoms with Crippen molar-refractivity contribution in [2.45, 2.75) is 103 Å². The number of nitrogens with zero attached hydrogens (tertiary/aromatic N) is 7. The molecule has 3 aromatic heterocycles. The van der Waals surface area contributed by atoms with Crippen molar-refractivity contribution in [2.24, 2.45) is 5.41 Å². The average Bonchev–Trinajstić information content (AvgIpc) is 4.05. The van der Waals surface area contributed by atoms with Gasteiger partial charge in [-0.05, 0) is 98.7 Å². The number of fused-ring (bicyclic) bond motifs is 2. The number of anilines is 2. The van der Waals surface area contributed by atoms with Crippen molar-refractivity contribution in [2.75, 3.05) is 50.0 Å². The number of aliphatic hydroxyl groups excluding tert-OH is 1. The fraction of sp³-hybridized carbons (Fsp3) is 0.469. The molecule has 1 aliphatic carbocycles. The molecule has 66 heavy (non-hydrogen) atoms. The molecule has 2 fully saturated rings. The van der Waals surface area contributed by atoms with E-state index in [9.17, 15) is 34.2 Å². The van der Waals surface area contributed by atoms with E-state index in [4.69, 9.17) is 10.1 Å². The van der Waals surface area contributed by atoms with Crippen LogP contribution in [0.5, 0.6) is 0 Å². The van der Waals surface area contributed by atoms with Gasteiger partial charge in [0.15, 0.2) is 10.8 Å². The van der Waals surface area contributed by atoms with Gasteiger partial charge in [-0.15, -0.1) is 0 Å². The van der Waals surface area contributed by atoms with Crippen molar-refractivity contribution >= 4 is 62.1 Å². The number of benzene rings is 2. The predicted octanol–water partition coefficient (Wildman–Crippen LogP) is 6.45. The maximum absolute atomic E-state index is 13.6. The third kappa shape index (κ3) is 10.7. The molecule has 0 bridgehead atoms. The number of likely N-dealkylation sites (tertiary alicyclic amines) is 1. The second-order valence-corrected chi connectivity index (χ2v) is 19.2. The molecule has 4 amide bonds. The van der Waals surface area contributed by atoms with E-state index in [1.165, 1.54) is 17.8 Å². The summed E-state index contributed by atoms with van der Waals surface area (Å²) in [6.45, 7) is 4.93. The Balaban J connectivity index is 0.874. The molecule has 8 rings (SSSR count). The predicted molar refractivity (Wildman–Crippen MR) is 252 cm³/mol. The summed E-state index contributed by atoms with van der Waals surface area (Å²) in [6, 6.07) is 17.2. The number of hydrogen-bond donors (Lipinski definition) is 4. The number of thiazole rings is 1. The van der Waals surface area contributed by atoms with Crippen LogP contribution in [-0.4, -0.2) is 115 Å². The lowest BCUT2D eigenvalue weighted by molar-refractivity contribution is -0.133. The summed E-state index contributed by atoms with van der Waals surface area (Å²) in [4.78, 5) is 78.8. The van der Waals surface area contributed by atoms with Crippen LogP contribution in [0.2, 0.25) is 0 Å². The molecule has 4 N–H and O–H groups in total. The number of pyridine rings is 1. The lowest BCUT2D eigenvalue weighted by Crippen LogP contribution is -2.39. The number of hydrogen-bond acceptors (Lipinski definition) is 11. The van der Waals surface area contributed by atoms with E-state index >= 15 is 0 Å². The van der Waals surface area contributed by atoms with Crippen LogP contribution < -0.4 is 15.5 Å². The number of aromatic carboxylic acids is 1. The van der Waals surface area contributed by atoms with Crippen LogP contribution >= 0.6 is 11.3 Å². The summed E-state index contributed by atoms with van der Waals surface area (Å²) in [5.74, 6) is -1.37. The quantitative estimate of drug-likeness (QED) is 0.0799. The number of amides is 4. The molecule has 0 radical (unpaired) electrons. The first-order valence-electron chi connectivity index (χ1n) is 23.1. The first-order chi connectivity index (χ1) is 31.9. The third-order valence-electron chi connectivity index (χ3n) is 13.6. The van der Waals surface area contributed by atoms with Crippen LogP contribution in [-0.2, 0) is 33.9 Å². The van der Waals surface area contributed by atoms with E-state index in [1.54, 1.807) is 23.0 Å². The lowest BCUT2D eigenvalue weighted by atomic mass is 9.71. The minimum Gasteiger partial charge on any atom is -0.476 e. The zero-order valence-electron chi connectivity index (χ0n) is 37.8. The Labute approximate surface area is 388 Å². The van der Waals surface area contributed by atoms with E-state index in [0.29, 0.717) is 86.2 Å². The highest BCUT2D eigenvalue weighted by molar-refractivity contribution is 7.22. The van der Waals surface area contributed by atoms with E-state index in [2.05, 4.69) is 15.6 Å². The summed E-state index contributed by atoms with van der Waals surface area (Å²) in [5, 5.41) is 31.1. The van der Waals surface area contributed by atoms with E-state index in [0.717, 1.165) is 65.6 Å². The largest absolute Gasteiger partial charge is 0.476 e. The number of rotatable bonds is 17. The fourth-order valence-corrected chi connectivity index (χ4v) is 10.7. The summed E-state index contributed by atoms with van der Waals surface area (Å²) < 4.78 is 2.99. The second-order valence-electron chi connectivity index (χ2n) is 18.1. The highest BCUT2D eigenvalue weighted by Crippen LogP contribution is 2.43. The van der Waals surface area contributed by atoms with Gasteiger partial charge < -0.3 is 30.2 Å². The molecule has 5 aromatic rings. The molecule has 1 unspecified atom stereocenters. The topological polar surface area (TPSA) is 203 Å². The zero-order chi connectivity index (χ0) is 46.4. The molecule has 2 aliphatic heterocycles. The van der Waals surface area contributed by atoms with Crippen LogP contribution in [0, 0.1) is 12.3 Å². The molecule has 2 aromatic carbocycles. The van der Waals surface area contributed by atoms with Gasteiger partial charge in [-0.1, -0.05) is 54.9 Å². The molecule has 348 valence electrons. The summed E-state index contributed by atoms with van der Waals surface area (Å²) in [7, 11) is 1.80. The number of nitrogens with one attached hydrogen (secondary N) is 2. The third-order valence-corrected chi connectivity index (χ3v) is 14.6. The minimum atomic E-state index is -1.13. The minimum absolute atomic E-state index is 0.0225. The molecule has 1 saturated heterocycles. The van der Waals surface area contributed by atoms with Gasteiger partial charge in [0, 0.05) is 81.5 Å². The number of β-amino-alcohol motifs (C(OH)–C–C–N with tert-alkyl or cyclic N) is 1.